The van der Waals surface area contributed by atoms with E-state index in [-0.39, 0.29) is 35.6 Å². The number of fused-ring (bicyclic) bond motifs is 1. The predicted octanol–water partition coefficient (Wildman–Crippen LogP) is 2.86. The molecule has 0 spiro atoms. The maximum Gasteiger partial charge on any atom is 0.262 e. The van der Waals surface area contributed by atoms with E-state index in [0.717, 1.165) is 22.4 Å². The number of aromatic nitrogens is 2. The van der Waals surface area contributed by atoms with Crippen molar-refractivity contribution in [3.05, 3.63) is 52.6 Å². The van der Waals surface area contributed by atoms with Gasteiger partial charge in [0.1, 0.15) is 11.4 Å². The molecule has 0 radical (unpaired) electrons. The lowest BCUT2D eigenvalue weighted by Crippen LogP contribution is -2.44. The second-order valence-electron chi connectivity index (χ2n) is 7.92. The summed E-state index contributed by atoms with van der Waals surface area (Å²) in [6.45, 7) is 4.18. The Balaban J connectivity index is 1.65. The Bertz CT molecular complexity index is 1280. The molecule has 164 valence electrons. The van der Waals surface area contributed by atoms with E-state index in [0.29, 0.717) is 23.2 Å². The largest absolute Gasteiger partial charge is 0.337 e. The Morgan fingerprint density at radius 3 is 2.68 bits per heavy atom. The van der Waals surface area contributed by atoms with Gasteiger partial charge in [0.2, 0.25) is 5.91 Å². The summed E-state index contributed by atoms with van der Waals surface area (Å²) in [6, 6.07) is 9.53. The first-order chi connectivity index (χ1) is 14.8. The number of nitrogens with zero attached hydrogens (tertiary/aromatic N) is 3. The van der Waals surface area contributed by atoms with Gasteiger partial charge in [-0.15, -0.1) is 11.3 Å². The molecule has 9 heteroatoms. The molecule has 0 bridgehead atoms. The summed E-state index contributed by atoms with van der Waals surface area (Å²) in [7, 11) is -3.10. The van der Waals surface area contributed by atoms with Crippen LogP contribution in [0.25, 0.3) is 20.7 Å². The van der Waals surface area contributed by atoms with E-state index in [2.05, 4.69) is 4.98 Å². The van der Waals surface area contributed by atoms with Crippen LogP contribution in [0.15, 0.2) is 41.5 Å². The van der Waals surface area contributed by atoms with Gasteiger partial charge in [0.25, 0.3) is 5.56 Å². The second-order valence-corrected chi connectivity index (χ2v) is 11.2. The molecule has 0 saturated carbocycles. The molecule has 4 rings (SSSR count). The first-order valence-corrected chi connectivity index (χ1v) is 13.0. The summed E-state index contributed by atoms with van der Waals surface area (Å²) >= 11 is 1.47. The fourth-order valence-electron chi connectivity index (χ4n) is 4.15. The summed E-state index contributed by atoms with van der Waals surface area (Å²) in [4.78, 5) is 34.0. The van der Waals surface area contributed by atoms with E-state index in [9.17, 15) is 18.0 Å². The van der Waals surface area contributed by atoms with Crippen LogP contribution < -0.4 is 5.56 Å². The lowest BCUT2D eigenvalue weighted by atomic mass is 10.1. The van der Waals surface area contributed by atoms with Crippen molar-refractivity contribution in [2.24, 2.45) is 0 Å². The van der Waals surface area contributed by atoms with Gasteiger partial charge < -0.3 is 4.90 Å². The van der Waals surface area contributed by atoms with Crippen molar-refractivity contribution in [1.29, 1.82) is 0 Å². The number of hydrogen-bond donors (Lipinski definition) is 0. The molecule has 1 unspecified atom stereocenters. The number of rotatable bonds is 6. The highest BCUT2D eigenvalue weighted by atomic mass is 32.2. The molecule has 0 aliphatic carbocycles. The molecular weight excluding hydrogens is 434 g/mol. The molecule has 1 aliphatic heterocycles. The van der Waals surface area contributed by atoms with Crippen LogP contribution in [0.3, 0.4) is 0 Å². The highest BCUT2D eigenvalue weighted by Gasteiger charge is 2.34. The molecular formula is C22H25N3O4S2. The number of sulfone groups is 1. The van der Waals surface area contributed by atoms with Crippen LogP contribution >= 0.6 is 11.3 Å². The Kier molecular flexibility index (Phi) is 5.98. The third-order valence-corrected chi connectivity index (χ3v) is 8.69. The number of benzene rings is 1. The molecule has 7 nitrogen and oxygen atoms in total. The van der Waals surface area contributed by atoms with Crippen LogP contribution in [0.4, 0.5) is 0 Å². The third-order valence-electron chi connectivity index (χ3n) is 5.69. The highest BCUT2D eigenvalue weighted by molar-refractivity contribution is 7.91. The number of aryl methyl sites for hydroxylation is 1. The van der Waals surface area contributed by atoms with E-state index >= 15 is 0 Å². The third kappa shape index (κ3) is 4.29. The van der Waals surface area contributed by atoms with Gasteiger partial charge in [0, 0.05) is 17.5 Å². The van der Waals surface area contributed by atoms with Gasteiger partial charge in [-0.2, -0.15) is 0 Å². The minimum absolute atomic E-state index is 0.00496. The van der Waals surface area contributed by atoms with Crippen LogP contribution in [-0.4, -0.2) is 52.9 Å². The monoisotopic (exact) mass is 459 g/mol. The van der Waals surface area contributed by atoms with E-state index in [1.807, 2.05) is 44.2 Å². The number of hydrogen-bond acceptors (Lipinski definition) is 6. The van der Waals surface area contributed by atoms with Gasteiger partial charge in [-0.25, -0.2) is 13.4 Å². The van der Waals surface area contributed by atoms with E-state index in [1.54, 1.807) is 4.90 Å². The molecule has 1 fully saturated rings. The average molecular weight is 460 g/mol. The van der Waals surface area contributed by atoms with E-state index in [4.69, 9.17) is 0 Å². The first kappa shape index (κ1) is 21.7. The van der Waals surface area contributed by atoms with Crippen molar-refractivity contribution in [2.75, 3.05) is 18.1 Å². The van der Waals surface area contributed by atoms with Gasteiger partial charge in [0.15, 0.2) is 9.84 Å². The van der Waals surface area contributed by atoms with Gasteiger partial charge in [-0.05, 0) is 30.9 Å². The Hall–Kier alpha value is -2.52. The summed E-state index contributed by atoms with van der Waals surface area (Å²) in [5.74, 6) is -0.146. The molecule has 1 aromatic carbocycles. The zero-order chi connectivity index (χ0) is 22.2. The van der Waals surface area contributed by atoms with Crippen molar-refractivity contribution in [3.63, 3.8) is 0 Å². The summed E-state index contributed by atoms with van der Waals surface area (Å²) in [5.41, 5.74) is 1.64. The molecule has 1 atom stereocenters. The fourth-order valence-corrected chi connectivity index (χ4v) is 7.02. The Morgan fingerprint density at radius 1 is 1.29 bits per heavy atom. The maximum absolute atomic E-state index is 13.2. The first-order valence-electron chi connectivity index (χ1n) is 10.3. The number of carbonyl (C=O) groups excluding carboxylic acids is 1. The van der Waals surface area contributed by atoms with Crippen LogP contribution in [0.5, 0.6) is 0 Å². The van der Waals surface area contributed by atoms with Crippen molar-refractivity contribution in [3.8, 4) is 10.4 Å². The van der Waals surface area contributed by atoms with Crippen molar-refractivity contribution in [2.45, 2.75) is 39.3 Å². The topological polar surface area (TPSA) is 89.3 Å². The molecule has 3 heterocycles. The zero-order valence-corrected chi connectivity index (χ0v) is 19.2. The van der Waals surface area contributed by atoms with Crippen molar-refractivity contribution >= 4 is 37.3 Å². The number of carbonyl (C=O) groups is 1. The molecule has 1 aliphatic rings. The average Bonchev–Trinajstić information content (AvgIpc) is 3.28. The normalized spacial score (nSPS) is 17.8. The van der Waals surface area contributed by atoms with E-state index < -0.39 is 9.84 Å². The van der Waals surface area contributed by atoms with Gasteiger partial charge >= 0.3 is 0 Å². The lowest BCUT2D eigenvalue weighted by Gasteiger charge is -2.28. The van der Waals surface area contributed by atoms with Crippen LogP contribution in [0.1, 0.15) is 25.3 Å². The van der Waals surface area contributed by atoms with Gasteiger partial charge in [-0.3, -0.25) is 14.2 Å². The molecule has 1 amide bonds. The molecule has 2 aromatic heterocycles. The smallest absolute Gasteiger partial charge is 0.262 e. The predicted molar refractivity (Wildman–Crippen MR) is 123 cm³/mol. The van der Waals surface area contributed by atoms with Crippen molar-refractivity contribution in [1.82, 2.24) is 14.5 Å². The minimum atomic E-state index is -3.10. The molecule has 3 aromatic rings. The maximum atomic E-state index is 13.2. The zero-order valence-electron chi connectivity index (χ0n) is 17.6. The van der Waals surface area contributed by atoms with Crippen LogP contribution in [0.2, 0.25) is 0 Å². The lowest BCUT2D eigenvalue weighted by molar-refractivity contribution is -0.133. The minimum Gasteiger partial charge on any atom is -0.337 e. The Labute approximate surface area is 185 Å². The standard InChI is InChI=1S/C22H25N3O4S2/c1-3-10-25(17-9-11-31(28,29)13-17)18(26)12-24-14-23-21-19(22(24)27)15(2)20(30-21)16-7-5-4-6-8-16/h4-8,14,17H,3,9-13H2,1-2H3. The van der Waals surface area contributed by atoms with Gasteiger partial charge in [0.05, 0.1) is 23.2 Å². The summed E-state index contributed by atoms with van der Waals surface area (Å²) < 4.78 is 25.1. The highest BCUT2D eigenvalue weighted by Crippen LogP contribution is 2.35. The van der Waals surface area contributed by atoms with Gasteiger partial charge in [-0.1, -0.05) is 37.3 Å². The molecule has 31 heavy (non-hydrogen) atoms. The quantitative estimate of drug-likeness (QED) is 0.566. The van der Waals surface area contributed by atoms with Crippen LogP contribution in [0, 0.1) is 6.92 Å². The summed E-state index contributed by atoms with van der Waals surface area (Å²) in [6.07, 6.45) is 2.59. The number of amides is 1. The number of thiophene rings is 1. The van der Waals surface area contributed by atoms with Crippen LogP contribution in [-0.2, 0) is 21.2 Å². The molecule has 0 N–H and O–H groups in total. The fraction of sp³-hybridized carbons (Fsp3) is 0.409. The van der Waals surface area contributed by atoms with Crippen molar-refractivity contribution < 1.29 is 13.2 Å². The molecule has 1 saturated heterocycles. The summed E-state index contributed by atoms with van der Waals surface area (Å²) in [5, 5.41) is 0.532. The van der Waals surface area contributed by atoms with E-state index in [1.165, 1.54) is 22.2 Å². The Morgan fingerprint density at radius 2 is 2.03 bits per heavy atom. The second kappa shape index (κ2) is 8.55. The SMILES string of the molecule is CCCN(C(=O)Cn1cnc2sc(-c3ccccc3)c(C)c2c1=O)C1CCS(=O)(=O)C1.